The van der Waals surface area contributed by atoms with E-state index in [9.17, 15) is 5.11 Å². The van der Waals surface area contributed by atoms with E-state index >= 15 is 0 Å². The Balaban J connectivity index is 2.03. The second-order valence-electron chi connectivity index (χ2n) is 4.27. The van der Waals surface area contributed by atoms with Crippen molar-refractivity contribution in [1.29, 1.82) is 0 Å². The fourth-order valence-corrected chi connectivity index (χ4v) is 1.95. The smallest absolute Gasteiger partial charge is 0.244 e. The van der Waals surface area contributed by atoms with Crippen LogP contribution in [0.3, 0.4) is 0 Å². The molecule has 0 bridgehead atoms. The molecule has 0 spiro atoms. The first kappa shape index (κ1) is 10.6. The fraction of sp³-hybridized carbons (Fsp3) is 0.800. The predicted molar refractivity (Wildman–Crippen MR) is 54.1 cm³/mol. The van der Waals surface area contributed by atoms with E-state index in [1.807, 2.05) is 0 Å². The van der Waals surface area contributed by atoms with Crippen LogP contribution >= 0.6 is 0 Å². The Hall–Kier alpha value is -0.940. The molecule has 0 aromatic carbocycles. The molecule has 3 N–H and O–H groups in total. The van der Waals surface area contributed by atoms with Crippen molar-refractivity contribution in [2.75, 3.05) is 0 Å². The molecule has 1 aromatic heterocycles. The number of aliphatic hydroxyl groups is 1. The van der Waals surface area contributed by atoms with Gasteiger partial charge in [0, 0.05) is 12.0 Å². The summed E-state index contributed by atoms with van der Waals surface area (Å²) in [7, 11) is 0. The van der Waals surface area contributed by atoms with Gasteiger partial charge in [-0.25, -0.2) is 0 Å². The van der Waals surface area contributed by atoms with Gasteiger partial charge >= 0.3 is 0 Å². The van der Waals surface area contributed by atoms with Gasteiger partial charge in [-0.1, -0.05) is 0 Å². The summed E-state index contributed by atoms with van der Waals surface area (Å²) >= 11 is 0. The maximum atomic E-state index is 9.26. The molecule has 1 atom stereocenters. The van der Waals surface area contributed by atoms with E-state index in [-0.39, 0.29) is 0 Å². The lowest BCUT2D eigenvalue weighted by atomic mass is 9.86. The van der Waals surface area contributed by atoms with Crippen molar-refractivity contribution < 1.29 is 9.52 Å². The normalized spacial score (nSPS) is 29.0. The first-order chi connectivity index (χ1) is 7.16. The lowest BCUT2D eigenvalue weighted by molar-refractivity contribution is 0.158. The first-order valence-corrected chi connectivity index (χ1v) is 5.43. The van der Waals surface area contributed by atoms with Crippen LogP contribution in [0.15, 0.2) is 4.42 Å². The maximum absolute atomic E-state index is 9.26. The molecule has 5 heteroatoms. The Kier molecular flexibility index (Phi) is 3.02. The Bertz CT molecular complexity index is 316. The van der Waals surface area contributed by atoms with Crippen LogP contribution < -0.4 is 5.73 Å². The Labute approximate surface area is 88.7 Å². The minimum atomic E-state index is -0.683. The van der Waals surface area contributed by atoms with Gasteiger partial charge in [0.2, 0.25) is 11.8 Å². The van der Waals surface area contributed by atoms with Gasteiger partial charge in [-0.2, -0.15) is 0 Å². The molecule has 1 saturated carbocycles. The Morgan fingerprint density at radius 3 is 2.53 bits per heavy atom. The quantitative estimate of drug-likeness (QED) is 0.765. The highest BCUT2D eigenvalue weighted by Crippen LogP contribution is 2.31. The van der Waals surface area contributed by atoms with E-state index in [2.05, 4.69) is 10.2 Å². The van der Waals surface area contributed by atoms with Gasteiger partial charge in [0.15, 0.2) is 0 Å². The molecule has 5 nitrogen and oxygen atoms in total. The van der Waals surface area contributed by atoms with Crippen molar-refractivity contribution >= 4 is 0 Å². The van der Waals surface area contributed by atoms with Gasteiger partial charge in [-0.15, -0.1) is 10.2 Å². The number of nitrogens with zero attached hydrogens (tertiary/aromatic N) is 2. The maximum Gasteiger partial charge on any atom is 0.244 e. The fourth-order valence-electron chi connectivity index (χ4n) is 1.95. The Morgan fingerprint density at radius 1 is 1.33 bits per heavy atom. The van der Waals surface area contributed by atoms with Gasteiger partial charge in [0.25, 0.3) is 0 Å². The standard InChI is InChI=1S/C10H17N3O2/c1-6(14)9-12-13-10(15-9)7-2-4-8(11)5-3-7/h6-8,14H,2-5,11H2,1H3. The van der Waals surface area contributed by atoms with Crippen LogP contribution in [0.2, 0.25) is 0 Å². The molecule has 1 fully saturated rings. The molecule has 0 radical (unpaired) electrons. The molecule has 2 rings (SSSR count). The zero-order valence-electron chi connectivity index (χ0n) is 8.89. The summed E-state index contributed by atoms with van der Waals surface area (Å²) in [6, 6.07) is 0.320. The zero-order chi connectivity index (χ0) is 10.8. The summed E-state index contributed by atoms with van der Waals surface area (Å²) in [5.74, 6) is 1.28. The van der Waals surface area contributed by atoms with Crippen LogP contribution in [-0.2, 0) is 0 Å². The number of hydrogen-bond donors (Lipinski definition) is 2. The Morgan fingerprint density at radius 2 is 2.00 bits per heavy atom. The summed E-state index contributed by atoms with van der Waals surface area (Å²) in [6.07, 6.45) is 3.34. The topological polar surface area (TPSA) is 85.2 Å². The summed E-state index contributed by atoms with van der Waals surface area (Å²) in [5.41, 5.74) is 5.82. The van der Waals surface area contributed by atoms with Gasteiger partial charge in [0.05, 0.1) is 0 Å². The van der Waals surface area contributed by atoms with Crippen molar-refractivity contribution in [1.82, 2.24) is 10.2 Å². The molecule has 1 aliphatic carbocycles. The SMILES string of the molecule is CC(O)c1nnc(C2CCC(N)CC2)o1. The average molecular weight is 211 g/mol. The van der Waals surface area contributed by atoms with E-state index in [1.165, 1.54) is 0 Å². The first-order valence-electron chi connectivity index (χ1n) is 5.43. The van der Waals surface area contributed by atoms with Gasteiger partial charge in [-0.05, 0) is 32.6 Å². The van der Waals surface area contributed by atoms with Crippen LogP contribution in [0, 0.1) is 0 Å². The lowest BCUT2D eigenvalue weighted by Gasteiger charge is -2.23. The predicted octanol–water partition coefficient (Wildman–Crippen LogP) is 1.11. The van der Waals surface area contributed by atoms with Crippen molar-refractivity contribution in [3.05, 3.63) is 11.8 Å². The molecule has 15 heavy (non-hydrogen) atoms. The largest absolute Gasteiger partial charge is 0.422 e. The minimum Gasteiger partial charge on any atom is -0.422 e. The number of nitrogens with two attached hydrogens (primary N) is 1. The van der Waals surface area contributed by atoms with Crippen LogP contribution in [0.1, 0.15) is 56.4 Å². The number of rotatable bonds is 2. The number of aliphatic hydroxyl groups excluding tert-OH is 1. The van der Waals surface area contributed by atoms with Crippen molar-refractivity contribution in [2.24, 2.45) is 5.73 Å². The molecule has 0 aliphatic heterocycles. The zero-order valence-corrected chi connectivity index (χ0v) is 8.89. The summed E-state index contributed by atoms with van der Waals surface area (Å²) < 4.78 is 5.41. The van der Waals surface area contributed by atoms with Gasteiger partial charge in [-0.3, -0.25) is 0 Å². The highest BCUT2D eigenvalue weighted by Gasteiger charge is 2.25. The van der Waals surface area contributed by atoms with Gasteiger partial charge < -0.3 is 15.3 Å². The number of aromatic nitrogens is 2. The highest BCUT2D eigenvalue weighted by molar-refractivity contribution is 4.95. The monoisotopic (exact) mass is 211 g/mol. The molecule has 0 saturated heterocycles. The van der Waals surface area contributed by atoms with Crippen molar-refractivity contribution in [2.45, 2.75) is 50.7 Å². The van der Waals surface area contributed by atoms with Crippen LogP contribution in [0.25, 0.3) is 0 Å². The van der Waals surface area contributed by atoms with Crippen LogP contribution in [-0.4, -0.2) is 21.3 Å². The average Bonchev–Trinajstić information content (AvgIpc) is 2.68. The molecule has 1 heterocycles. The van der Waals surface area contributed by atoms with E-state index in [4.69, 9.17) is 10.2 Å². The minimum absolute atomic E-state index is 0.305. The van der Waals surface area contributed by atoms with E-state index in [0.717, 1.165) is 25.7 Å². The summed E-state index contributed by atoms with van der Waals surface area (Å²) in [5, 5.41) is 17.0. The van der Waals surface area contributed by atoms with Crippen molar-refractivity contribution in [3.63, 3.8) is 0 Å². The third kappa shape index (κ3) is 2.35. The van der Waals surface area contributed by atoms with Crippen molar-refractivity contribution in [3.8, 4) is 0 Å². The highest BCUT2D eigenvalue weighted by atomic mass is 16.4. The van der Waals surface area contributed by atoms with Crippen LogP contribution in [0.4, 0.5) is 0 Å². The van der Waals surface area contributed by atoms with E-state index < -0.39 is 6.10 Å². The second kappa shape index (κ2) is 4.28. The number of hydrogen-bond acceptors (Lipinski definition) is 5. The second-order valence-corrected chi connectivity index (χ2v) is 4.27. The molecule has 1 aliphatic rings. The molecular formula is C10H17N3O2. The molecule has 1 unspecified atom stereocenters. The van der Waals surface area contributed by atoms with E-state index in [1.54, 1.807) is 6.92 Å². The van der Waals surface area contributed by atoms with Crippen LogP contribution in [0.5, 0.6) is 0 Å². The molecule has 1 aromatic rings. The summed E-state index contributed by atoms with van der Waals surface area (Å²) in [6.45, 7) is 1.62. The molecule has 0 amide bonds. The van der Waals surface area contributed by atoms with Gasteiger partial charge in [0.1, 0.15) is 6.10 Å². The third-order valence-corrected chi connectivity index (χ3v) is 2.93. The molecule has 84 valence electrons. The summed E-state index contributed by atoms with van der Waals surface area (Å²) in [4.78, 5) is 0. The third-order valence-electron chi connectivity index (χ3n) is 2.93. The molecular weight excluding hydrogens is 194 g/mol. The van der Waals surface area contributed by atoms with E-state index in [0.29, 0.717) is 23.7 Å². The lowest BCUT2D eigenvalue weighted by Crippen LogP contribution is -2.25.